The summed E-state index contributed by atoms with van der Waals surface area (Å²) < 4.78 is 10.1. The monoisotopic (exact) mass is 246 g/mol. The number of nitrogen functional groups attached to an aromatic ring is 1. The van der Waals surface area contributed by atoms with E-state index in [9.17, 15) is 0 Å². The van der Waals surface area contributed by atoms with Gasteiger partial charge in [0.2, 0.25) is 5.88 Å². The summed E-state index contributed by atoms with van der Waals surface area (Å²) in [7, 11) is 1.72. The summed E-state index contributed by atoms with van der Waals surface area (Å²) in [6, 6.07) is 8.22. The zero-order valence-corrected chi connectivity index (χ0v) is 10.9. The van der Waals surface area contributed by atoms with E-state index in [1.807, 2.05) is 12.1 Å². The molecule has 0 saturated carbocycles. The van der Waals surface area contributed by atoms with E-state index < -0.39 is 0 Å². The molecule has 1 aromatic carbocycles. The molecule has 2 N–H and O–H groups in total. The molecule has 0 spiro atoms. The fraction of sp³-hybridized carbons (Fsp3) is 0.357. The van der Waals surface area contributed by atoms with Gasteiger partial charge >= 0.3 is 0 Å². The number of rotatable bonds is 4. The zero-order valence-electron chi connectivity index (χ0n) is 10.9. The average molecular weight is 246 g/mol. The topological polar surface area (TPSA) is 61.3 Å². The van der Waals surface area contributed by atoms with Gasteiger partial charge < -0.3 is 15.0 Å². The van der Waals surface area contributed by atoms with Crippen molar-refractivity contribution >= 4 is 5.88 Å². The standard InChI is InChI=1S/C14H18N2O2/c1-14(2,9-17-3)11-6-4-10(5-7-11)12-8-16-18-13(12)15/h4-8H,9,15H2,1-3H3. The summed E-state index contributed by atoms with van der Waals surface area (Å²) >= 11 is 0. The molecule has 0 aliphatic rings. The van der Waals surface area contributed by atoms with Gasteiger partial charge in [0.15, 0.2) is 0 Å². The van der Waals surface area contributed by atoms with Crippen LogP contribution in [-0.4, -0.2) is 18.9 Å². The van der Waals surface area contributed by atoms with Gasteiger partial charge in [-0.15, -0.1) is 0 Å². The molecular formula is C14H18N2O2. The summed E-state index contributed by atoms with van der Waals surface area (Å²) in [5, 5.41) is 3.68. The van der Waals surface area contributed by atoms with Crippen molar-refractivity contribution in [3.05, 3.63) is 36.0 Å². The van der Waals surface area contributed by atoms with E-state index in [0.29, 0.717) is 12.5 Å². The third-order valence-electron chi connectivity index (χ3n) is 3.08. The quantitative estimate of drug-likeness (QED) is 0.901. The Morgan fingerprint density at radius 2 is 1.94 bits per heavy atom. The number of methoxy groups -OCH3 is 1. The van der Waals surface area contributed by atoms with Crippen molar-refractivity contribution in [1.29, 1.82) is 0 Å². The highest BCUT2D eigenvalue weighted by Crippen LogP contribution is 2.29. The van der Waals surface area contributed by atoms with Crippen molar-refractivity contribution in [2.75, 3.05) is 19.5 Å². The molecule has 4 nitrogen and oxygen atoms in total. The summed E-state index contributed by atoms with van der Waals surface area (Å²) in [5.41, 5.74) is 8.74. The normalized spacial score (nSPS) is 11.7. The van der Waals surface area contributed by atoms with Crippen LogP contribution >= 0.6 is 0 Å². The van der Waals surface area contributed by atoms with Gasteiger partial charge in [-0.1, -0.05) is 43.3 Å². The Labute approximate surface area is 107 Å². The summed E-state index contributed by atoms with van der Waals surface area (Å²) in [6.07, 6.45) is 1.63. The molecule has 2 rings (SSSR count). The van der Waals surface area contributed by atoms with E-state index in [4.69, 9.17) is 15.0 Å². The van der Waals surface area contributed by atoms with E-state index in [-0.39, 0.29) is 5.41 Å². The van der Waals surface area contributed by atoms with Crippen LogP contribution in [0.15, 0.2) is 35.0 Å². The van der Waals surface area contributed by atoms with Crippen molar-refractivity contribution in [3.8, 4) is 11.1 Å². The van der Waals surface area contributed by atoms with Crippen molar-refractivity contribution < 1.29 is 9.26 Å². The molecule has 0 amide bonds. The van der Waals surface area contributed by atoms with Gasteiger partial charge in [0.1, 0.15) is 0 Å². The number of nitrogens with two attached hydrogens (primary N) is 1. The highest BCUT2D eigenvalue weighted by Gasteiger charge is 2.20. The molecule has 0 aliphatic heterocycles. The van der Waals surface area contributed by atoms with Gasteiger partial charge in [-0.3, -0.25) is 0 Å². The smallest absolute Gasteiger partial charge is 0.229 e. The molecule has 18 heavy (non-hydrogen) atoms. The lowest BCUT2D eigenvalue weighted by atomic mass is 9.85. The summed E-state index contributed by atoms with van der Waals surface area (Å²) in [5.74, 6) is 0.346. The second kappa shape index (κ2) is 4.82. The van der Waals surface area contributed by atoms with Gasteiger partial charge in [-0.25, -0.2) is 0 Å². The fourth-order valence-electron chi connectivity index (χ4n) is 2.01. The number of hydrogen-bond donors (Lipinski definition) is 1. The van der Waals surface area contributed by atoms with Gasteiger partial charge in [-0.2, -0.15) is 0 Å². The predicted molar refractivity (Wildman–Crippen MR) is 71.3 cm³/mol. The Balaban J connectivity index is 2.28. The fourth-order valence-corrected chi connectivity index (χ4v) is 2.01. The van der Waals surface area contributed by atoms with Crippen LogP contribution in [0, 0.1) is 0 Å². The minimum absolute atomic E-state index is 0.00648. The number of anilines is 1. The lowest BCUT2D eigenvalue weighted by Crippen LogP contribution is -2.23. The second-order valence-electron chi connectivity index (χ2n) is 5.00. The Morgan fingerprint density at radius 3 is 2.44 bits per heavy atom. The van der Waals surface area contributed by atoms with E-state index in [2.05, 4.69) is 31.1 Å². The molecule has 0 atom stereocenters. The van der Waals surface area contributed by atoms with E-state index in [1.165, 1.54) is 5.56 Å². The Morgan fingerprint density at radius 1 is 1.28 bits per heavy atom. The molecule has 0 bridgehead atoms. The van der Waals surface area contributed by atoms with E-state index in [0.717, 1.165) is 11.1 Å². The first-order valence-electron chi connectivity index (χ1n) is 5.84. The van der Waals surface area contributed by atoms with E-state index in [1.54, 1.807) is 13.3 Å². The first-order chi connectivity index (χ1) is 8.54. The van der Waals surface area contributed by atoms with Crippen LogP contribution in [0.2, 0.25) is 0 Å². The van der Waals surface area contributed by atoms with Crippen molar-refractivity contribution in [2.24, 2.45) is 0 Å². The van der Waals surface area contributed by atoms with Crippen molar-refractivity contribution in [1.82, 2.24) is 5.16 Å². The maximum Gasteiger partial charge on any atom is 0.229 e. The number of benzene rings is 1. The predicted octanol–water partition coefficient (Wildman–Crippen LogP) is 2.85. The van der Waals surface area contributed by atoms with Crippen LogP contribution in [0.25, 0.3) is 11.1 Å². The lowest BCUT2D eigenvalue weighted by molar-refractivity contribution is 0.146. The number of nitrogens with zero attached hydrogens (tertiary/aromatic N) is 1. The van der Waals surface area contributed by atoms with Gasteiger partial charge in [-0.05, 0) is 11.1 Å². The first kappa shape index (κ1) is 12.6. The average Bonchev–Trinajstić information content (AvgIpc) is 2.76. The third kappa shape index (κ3) is 2.38. The maximum atomic E-state index is 5.69. The van der Waals surface area contributed by atoms with Crippen LogP contribution in [0.3, 0.4) is 0 Å². The van der Waals surface area contributed by atoms with Crippen LogP contribution in [-0.2, 0) is 10.2 Å². The SMILES string of the molecule is COCC(C)(C)c1ccc(-c2cnoc2N)cc1. The molecule has 2 aromatic rings. The number of ether oxygens (including phenoxy) is 1. The minimum Gasteiger partial charge on any atom is -0.384 e. The highest BCUT2D eigenvalue weighted by molar-refractivity contribution is 5.71. The van der Waals surface area contributed by atoms with Gasteiger partial charge in [0.25, 0.3) is 0 Å². The third-order valence-corrected chi connectivity index (χ3v) is 3.08. The molecule has 1 aromatic heterocycles. The van der Waals surface area contributed by atoms with Crippen LogP contribution in [0.1, 0.15) is 19.4 Å². The molecule has 0 aliphatic carbocycles. The van der Waals surface area contributed by atoms with Gasteiger partial charge in [0.05, 0.1) is 18.4 Å². The Hall–Kier alpha value is -1.81. The van der Waals surface area contributed by atoms with Gasteiger partial charge in [0, 0.05) is 12.5 Å². The molecule has 96 valence electrons. The van der Waals surface area contributed by atoms with Crippen molar-refractivity contribution in [2.45, 2.75) is 19.3 Å². The Bertz CT molecular complexity index is 515. The highest BCUT2D eigenvalue weighted by atomic mass is 16.5. The van der Waals surface area contributed by atoms with Crippen LogP contribution in [0.4, 0.5) is 5.88 Å². The number of aromatic nitrogens is 1. The van der Waals surface area contributed by atoms with Crippen LogP contribution in [0.5, 0.6) is 0 Å². The summed E-state index contributed by atoms with van der Waals surface area (Å²) in [6.45, 7) is 4.99. The molecule has 0 saturated heterocycles. The molecule has 4 heteroatoms. The Kier molecular flexibility index (Phi) is 3.39. The molecular weight excluding hydrogens is 228 g/mol. The molecule has 0 fully saturated rings. The number of hydrogen-bond acceptors (Lipinski definition) is 4. The minimum atomic E-state index is -0.00648. The van der Waals surface area contributed by atoms with Crippen LogP contribution < -0.4 is 5.73 Å². The second-order valence-corrected chi connectivity index (χ2v) is 5.00. The maximum absolute atomic E-state index is 5.69. The molecule has 0 radical (unpaired) electrons. The lowest BCUT2D eigenvalue weighted by Gasteiger charge is -2.24. The molecule has 0 unspecified atom stereocenters. The van der Waals surface area contributed by atoms with E-state index >= 15 is 0 Å². The zero-order chi connectivity index (χ0) is 13.2. The first-order valence-corrected chi connectivity index (χ1v) is 5.84. The largest absolute Gasteiger partial charge is 0.384 e. The molecule has 1 heterocycles. The van der Waals surface area contributed by atoms with Crippen molar-refractivity contribution in [3.63, 3.8) is 0 Å². The summed E-state index contributed by atoms with van der Waals surface area (Å²) in [4.78, 5) is 0.